The van der Waals surface area contributed by atoms with Crippen LogP contribution in [0, 0.1) is 0 Å². The number of benzene rings is 2. The van der Waals surface area contributed by atoms with Gasteiger partial charge in [-0.3, -0.25) is 14.2 Å². The quantitative estimate of drug-likeness (QED) is 0.524. The largest absolute Gasteiger partial charge is 0.308 e. The first kappa shape index (κ1) is 18.5. The summed E-state index contributed by atoms with van der Waals surface area (Å²) in [6.07, 6.45) is 1.37. The van der Waals surface area contributed by atoms with E-state index in [0.717, 1.165) is 11.4 Å². The van der Waals surface area contributed by atoms with Crippen molar-refractivity contribution in [3.05, 3.63) is 77.3 Å². The molecule has 0 N–H and O–H groups in total. The van der Waals surface area contributed by atoms with Gasteiger partial charge >= 0.3 is 0 Å². The van der Waals surface area contributed by atoms with Gasteiger partial charge in [0, 0.05) is 11.7 Å². The SMILES string of the molecule is CC(C)N(C(=O)Cn1cnc2c(nnn2-c2ccccc2)c1=O)c1ccccc1. The summed E-state index contributed by atoms with van der Waals surface area (Å²) < 4.78 is 2.78. The molecule has 8 nitrogen and oxygen atoms in total. The number of anilines is 1. The second kappa shape index (κ2) is 7.67. The van der Waals surface area contributed by atoms with Crippen molar-refractivity contribution in [3.63, 3.8) is 0 Å². The van der Waals surface area contributed by atoms with Crippen LogP contribution in [0.2, 0.25) is 0 Å². The molecule has 4 rings (SSSR count). The number of hydrogen-bond acceptors (Lipinski definition) is 5. The predicted octanol–water partition coefficient (Wildman–Crippen LogP) is 2.42. The highest BCUT2D eigenvalue weighted by Gasteiger charge is 2.21. The van der Waals surface area contributed by atoms with E-state index < -0.39 is 5.56 Å². The minimum atomic E-state index is -0.401. The van der Waals surface area contributed by atoms with Crippen LogP contribution in [-0.4, -0.2) is 36.5 Å². The maximum atomic E-state index is 13.0. The lowest BCUT2D eigenvalue weighted by Gasteiger charge is -2.27. The van der Waals surface area contributed by atoms with E-state index in [1.807, 2.05) is 74.5 Å². The Morgan fingerprint density at radius 1 is 1.03 bits per heavy atom. The highest BCUT2D eigenvalue weighted by atomic mass is 16.2. The first-order chi connectivity index (χ1) is 14.1. The van der Waals surface area contributed by atoms with Gasteiger partial charge < -0.3 is 4.90 Å². The first-order valence-corrected chi connectivity index (χ1v) is 9.29. The van der Waals surface area contributed by atoms with E-state index >= 15 is 0 Å². The molecule has 0 aliphatic carbocycles. The molecule has 0 unspecified atom stereocenters. The molecule has 8 heteroatoms. The Kier molecular flexibility index (Phi) is 4.90. The number of fused-ring (bicyclic) bond motifs is 1. The molecule has 0 radical (unpaired) electrons. The molecule has 2 aromatic carbocycles. The van der Waals surface area contributed by atoms with Crippen molar-refractivity contribution in [2.75, 3.05) is 4.90 Å². The highest BCUT2D eigenvalue weighted by Crippen LogP contribution is 2.17. The summed E-state index contributed by atoms with van der Waals surface area (Å²) in [6.45, 7) is 3.73. The summed E-state index contributed by atoms with van der Waals surface area (Å²) in [6, 6.07) is 18.7. The zero-order valence-electron chi connectivity index (χ0n) is 16.1. The molecule has 2 aromatic heterocycles. The normalized spacial score (nSPS) is 11.1. The Balaban J connectivity index is 1.67. The molecule has 146 valence electrons. The number of carbonyl (C=O) groups is 1. The standard InChI is InChI=1S/C21H20N6O2/c1-15(2)26(16-9-5-3-6-10-16)18(28)13-25-14-22-20-19(21(25)29)23-24-27(20)17-11-7-4-8-12-17/h3-12,14-15H,13H2,1-2H3. The third-order valence-electron chi connectivity index (χ3n) is 4.56. The van der Waals surface area contributed by atoms with Crippen LogP contribution in [0.25, 0.3) is 16.9 Å². The van der Waals surface area contributed by atoms with Crippen LogP contribution < -0.4 is 10.5 Å². The maximum Gasteiger partial charge on any atom is 0.284 e. The van der Waals surface area contributed by atoms with Gasteiger partial charge in [-0.05, 0) is 38.1 Å². The monoisotopic (exact) mass is 388 g/mol. The van der Waals surface area contributed by atoms with Gasteiger partial charge in [0.25, 0.3) is 5.56 Å². The Morgan fingerprint density at radius 3 is 2.34 bits per heavy atom. The number of carbonyl (C=O) groups excluding carboxylic acids is 1. The van der Waals surface area contributed by atoms with Gasteiger partial charge in [0.05, 0.1) is 5.69 Å². The minimum Gasteiger partial charge on any atom is -0.308 e. The lowest BCUT2D eigenvalue weighted by molar-refractivity contribution is -0.119. The Labute approximate surface area is 167 Å². The molecule has 29 heavy (non-hydrogen) atoms. The van der Waals surface area contributed by atoms with E-state index in [-0.39, 0.29) is 24.0 Å². The zero-order valence-corrected chi connectivity index (χ0v) is 16.1. The summed E-state index contributed by atoms with van der Waals surface area (Å²) >= 11 is 0. The fourth-order valence-corrected chi connectivity index (χ4v) is 3.24. The van der Waals surface area contributed by atoms with Gasteiger partial charge in [0.1, 0.15) is 12.9 Å². The molecule has 0 aliphatic heterocycles. The fraction of sp³-hybridized carbons (Fsp3) is 0.190. The van der Waals surface area contributed by atoms with Gasteiger partial charge in [0.15, 0.2) is 11.2 Å². The average molecular weight is 388 g/mol. The molecule has 4 aromatic rings. The fourth-order valence-electron chi connectivity index (χ4n) is 3.24. The third kappa shape index (κ3) is 3.52. The molecule has 0 aliphatic rings. The lowest BCUT2D eigenvalue weighted by Crippen LogP contribution is -2.41. The first-order valence-electron chi connectivity index (χ1n) is 9.29. The highest BCUT2D eigenvalue weighted by molar-refractivity contribution is 5.93. The van der Waals surface area contributed by atoms with Gasteiger partial charge in [-0.1, -0.05) is 41.6 Å². The van der Waals surface area contributed by atoms with Gasteiger partial charge in [0.2, 0.25) is 5.91 Å². The van der Waals surface area contributed by atoms with E-state index in [1.54, 1.807) is 4.90 Å². The Bertz CT molecular complexity index is 1200. The second-order valence-electron chi connectivity index (χ2n) is 6.88. The zero-order chi connectivity index (χ0) is 20.4. The van der Waals surface area contributed by atoms with E-state index in [4.69, 9.17) is 0 Å². The molecule has 0 saturated carbocycles. The number of rotatable bonds is 5. The van der Waals surface area contributed by atoms with Crippen molar-refractivity contribution >= 4 is 22.8 Å². The maximum absolute atomic E-state index is 13.0. The summed E-state index contributed by atoms with van der Waals surface area (Å²) in [5.41, 5.74) is 1.62. The number of nitrogens with zero attached hydrogens (tertiary/aromatic N) is 6. The van der Waals surface area contributed by atoms with E-state index in [9.17, 15) is 9.59 Å². The number of para-hydroxylation sites is 2. The van der Waals surface area contributed by atoms with Crippen LogP contribution in [0.5, 0.6) is 0 Å². The van der Waals surface area contributed by atoms with Gasteiger partial charge in [-0.25, -0.2) is 4.98 Å². The minimum absolute atomic E-state index is 0.0590. The van der Waals surface area contributed by atoms with E-state index in [2.05, 4.69) is 15.3 Å². The molecule has 0 fully saturated rings. The average Bonchev–Trinajstić information content (AvgIpc) is 3.16. The van der Waals surface area contributed by atoms with Crippen molar-refractivity contribution in [2.24, 2.45) is 0 Å². The van der Waals surface area contributed by atoms with Crippen LogP contribution >= 0.6 is 0 Å². The van der Waals surface area contributed by atoms with Crippen molar-refractivity contribution in [1.82, 2.24) is 24.5 Å². The van der Waals surface area contributed by atoms with Crippen LogP contribution in [-0.2, 0) is 11.3 Å². The molecule has 0 saturated heterocycles. The molecule has 0 atom stereocenters. The van der Waals surface area contributed by atoms with Crippen LogP contribution in [0.1, 0.15) is 13.8 Å². The van der Waals surface area contributed by atoms with Crippen molar-refractivity contribution < 1.29 is 4.79 Å². The lowest BCUT2D eigenvalue weighted by atomic mass is 10.2. The molecule has 0 bridgehead atoms. The second-order valence-corrected chi connectivity index (χ2v) is 6.88. The summed E-state index contributed by atoms with van der Waals surface area (Å²) in [5, 5.41) is 8.05. The summed E-state index contributed by atoms with van der Waals surface area (Å²) in [7, 11) is 0. The van der Waals surface area contributed by atoms with Crippen molar-refractivity contribution in [2.45, 2.75) is 26.4 Å². The molecule has 2 heterocycles. The number of hydrogen-bond donors (Lipinski definition) is 0. The molecule has 0 spiro atoms. The number of aromatic nitrogens is 5. The van der Waals surface area contributed by atoms with Crippen LogP contribution in [0.3, 0.4) is 0 Å². The summed E-state index contributed by atoms with van der Waals surface area (Å²) in [5.74, 6) is -0.204. The smallest absolute Gasteiger partial charge is 0.284 e. The van der Waals surface area contributed by atoms with E-state index in [0.29, 0.717) is 5.65 Å². The molecular weight excluding hydrogens is 368 g/mol. The summed E-state index contributed by atoms with van der Waals surface area (Å²) in [4.78, 5) is 31.8. The third-order valence-corrected chi connectivity index (χ3v) is 4.56. The molecule has 1 amide bonds. The van der Waals surface area contributed by atoms with Gasteiger partial charge in [-0.2, -0.15) is 4.68 Å². The van der Waals surface area contributed by atoms with E-state index in [1.165, 1.54) is 15.6 Å². The predicted molar refractivity (Wildman–Crippen MR) is 110 cm³/mol. The van der Waals surface area contributed by atoms with Crippen molar-refractivity contribution in [3.8, 4) is 5.69 Å². The van der Waals surface area contributed by atoms with Crippen LogP contribution in [0.4, 0.5) is 5.69 Å². The van der Waals surface area contributed by atoms with Crippen LogP contribution in [0.15, 0.2) is 71.8 Å². The molecular formula is C21H20N6O2. The van der Waals surface area contributed by atoms with Gasteiger partial charge in [-0.15, -0.1) is 5.10 Å². The number of amides is 1. The van der Waals surface area contributed by atoms with Crippen molar-refractivity contribution in [1.29, 1.82) is 0 Å². The Hall–Kier alpha value is -3.81. The topological polar surface area (TPSA) is 85.9 Å². The Morgan fingerprint density at radius 2 is 1.69 bits per heavy atom.